The average molecular weight is 382 g/mol. The van der Waals surface area contributed by atoms with Crippen LogP contribution in [0.15, 0.2) is 11.6 Å². The van der Waals surface area contributed by atoms with Gasteiger partial charge in [0, 0.05) is 17.4 Å². The Hall–Kier alpha value is -1.36. The second-order valence-corrected chi connectivity index (χ2v) is 9.93. The first-order chi connectivity index (χ1) is 12.4. The lowest BCUT2D eigenvalue weighted by molar-refractivity contribution is -0.151. The zero-order valence-electron chi connectivity index (χ0n) is 18.2. The van der Waals surface area contributed by atoms with E-state index < -0.39 is 11.0 Å². The van der Waals surface area contributed by atoms with Gasteiger partial charge < -0.3 is 15.2 Å². The van der Waals surface area contributed by atoms with Crippen LogP contribution in [0.2, 0.25) is 0 Å². The first-order valence-electron chi connectivity index (χ1n) is 10.2. The lowest BCUT2D eigenvalue weighted by Gasteiger charge is -2.27. The number of nitrogens with one attached hydrogen (secondary N) is 1. The van der Waals surface area contributed by atoms with Crippen molar-refractivity contribution in [2.75, 3.05) is 13.2 Å². The molecule has 1 atom stereocenters. The molecule has 2 N–H and O–H groups in total. The third-order valence-corrected chi connectivity index (χ3v) is 4.93. The molecule has 0 aromatic rings. The molecule has 1 aliphatic heterocycles. The molecule has 27 heavy (non-hydrogen) atoms. The van der Waals surface area contributed by atoms with Crippen molar-refractivity contribution in [3.63, 3.8) is 0 Å². The van der Waals surface area contributed by atoms with Crippen molar-refractivity contribution in [2.24, 2.45) is 23.2 Å². The molecular weight excluding hydrogens is 342 g/mol. The number of allylic oxidation sites excluding steroid dienone is 1. The van der Waals surface area contributed by atoms with Crippen LogP contribution in [0, 0.1) is 23.2 Å². The van der Waals surface area contributed by atoms with Crippen LogP contribution >= 0.6 is 0 Å². The second-order valence-electron chi connectivity index (χ2n) is 9.93. The number of ether oxygens (including phenoxy) is 1. The van der Waals surface area contributed by atoms with Gasteiger partial charge in [-0.3, -0.25) is 4.79 Å². The van der Waals surface area contributed by atoms with Crippen LogP contribution < -0.4 is 5.32 Å². The fourth-order valence-corrected chi connectivity index (χ4v) is 3.55. The molecule has 0 aromatic heterocycles. The van der Waals surface area contributed by atoms with E-state index in [0.717, 1.165) is 19.3 Å². The molecule has 156 valence electrons. The molecule has 5 heteroatoms. The maximum absolute atomic E-state index is 12.3. The van der Waals surface area contributed by atoms with E-state index in [1.54, 1.807) is 0 Å². The highest BCUT2D eigenvalue weighted by atomic mass is 16.6. The lowest BCUT2D eigenvalue weighted by atomic mass is 9.86. The summed E-state index contributed by atoms with van der Waals surface area (Å²) in [7, 11) is 0. The number of aliphatic hydroxyl groups is 1. The fourth-order valence-electron chi connectivity index (χ4n) is 3.55. The Kier molecular flexibility index (Phi) is 8.52. The minimum Gasteiger partial charge on any atom is -0.451 e. The predicted molar refractivity (Wildman–Crippen MR) is 108 cm³/mol. The van der Waals surface area contributed by atoms with Crippen LogP contribution in [-0.2, 0) is 14.3 Å². The average Bonchev–Trinajstić information content (AvgIpc) is 2.85. The topological polar surface area (TPSA) is 75.6 Å². The summed E-state index contributed by atoms with van der Waals surface area (Å²) in [6.45, 7) is 14.2. The van der Waals surface area contributed by atoms with E-state index in [-0.39, 0.29) is 25.0 Å². The second kappa shape index (κ2) is 9.72. The standard InChI is InChI=1S/C22H39NO4/c1-15(2)10-17(11-16(3)4)8-9-18-12-22(14-24,27-19(18)25)13-23-20(26)21(5,6)7/h9,15-17,24H,8,10-14H2,1-7H3,(H,23,26)/b18-9-. The van der Waals surface area contributed by atoms with Gasteiger partial charge in [0.05, 0.1) is 13.2 Å². The number of aliphatic hydroxyl groups excluding tert-OH is 1. The Morgan fingerprint density at radius 2 is 1.78 bits per heavy atom. The number of carbonyl (C=O) groups excluding carboxylic acids is 2. The Morgan fingerprint density at radius 1 is 1.22 bits per heavy atom. The van der Waals surface area contributed by atoms with Crippen LogP contribution in [0.1, 0.15) is 74.1 Å². The molecule has 1 aliphatic rings. The van der Waals surface area contributed by atoms with Crippen molar-refractivity contribution in [1.82, 2.24) is 5.32 Å². The minimum atomic E-state index is -1.05. The van der Waals surface area contributed by atoms with E-state index in [4.69, 9.17) is 4.74 Å². The zero-order valence-corrected chi connectivity index (χ0v) is 18.2. The number of carbonyl (C=O) groups is 2. The van der Waals surface area contributed by atoms with Crippen molar-refractivity contribution >= 4 is 11.9 Å². The number of hydrogen-bond acceptors (Lipinski definition) is 4. The van der Waals surface area contributed by atoms with Crippen molar-refractivity contribution in [1.29, 1.82) is 0 Å². The summed E-state index contributed by atoms with van der Waals surface area (Å²) in [5.41, 5.74) is -0.958. The van der Waals surface area contributed by atoms with Gasteiger partial charge in [-0.1, -0.05) is 54.5 Å². The minimum absolute atomic E-state index is 0.127. The lowest BCUT2D eigenvalue weighted by Crippen LogP contribution is -2.48. The summed E-state index contributed by atoms with van der Waals surface area (Å²) >= 11 is 0. The molecule has 0 aliphatic carbocycles. The highest BCUT2D eigenvalue weighted by Gasteiger charge is 2.44. The Labute approximate surface area is 164 Å². The van der Waals surface area contributed by atoms with Gasteiger partial charge in [-0.2, -0.15) is 0 Å². The first-order valence-corrected chi connectivity index (χ1v) is 10.2. The number of cyclic esters (lactones) is 1. The van der Waals surface area contributed by atoms with Gasteiger partial charge in [0.1, 0.15) is 0 Å². The van der Waals surface area contributed by atoms with Gasteiger partial charge in [-0.15, -0.1) is 0 Å². The van der Waals surface area contributed by atoms with Crippen LogP contribution in [0.5, 0.6) is 0 Å². The predicted octanol–water partition coefficient (Wildman–Crippen LogP) is 3.85. The molecule has 1 fully saturated rings. The normalized spacial score (nSPS) is 22.2. The first kappa shape index (κ1) is 23.7. The molecule has 1 unspecified atom stereocenters. The Balaban J connectivity index is 2.78. The molecule has 1 saturated heterocycles. The highest BCUT2D eigenvalue weighted by Crippen LogP contribution is 2.32. The van der Waals surface area contributed by atoms with Gasteiger partial charge in [0.15, 0.2) is 5.60 Å². The van der Waals surface area contributed by atoms with E-state index in [1.165, 1.54) is 0 Å². The molecule has 0 radical (unpaired) electrons. The molecule has 0 spiro atoms. The van der Waals surface area contributed by atoms with Gasteiger partial charge in [-0.05, 0) is 37.0 Å². The maximum Gasteiger partial charge on any atom is 0.334 e. The van der Waals surface area contributed by atoms with E-state index in [1.807, 2.05) is 26.8 Å². The summed E-state index contributed by atoms with van der Waals surface area (Å²) in [5, 5.41) is 12.6. The molecular formula is C22H39NO4. The smallest absolute Gasteiger partial charge is 0.334 e. The monoisotopic (exact) mass is 381 g/mol. The summed E-state index contributed by atoms with van der Waals surface area (Å²) in [4.78, 5) is 24.4. The molecule has 1 rings (SSSR count). The van der Waals surface area contributed by atoms with Crippen LogP contribution in [0.25, 0.3) is 0 Å². The van der Waals surface area contributed by atoms with Gasteiger partial charge >= 0.3 is 5.97 Å². The van der Waals surface area contributed by atoms with Gasteiger partial charge in [0.2, 0.25) is 5.91 Å². The summed E-state index contributed by atoms with van der Waals surface area (Å²) in [6.07, 6.45) is 5.42. The van der Waals surface area contributed by atoms with Crippen molar-refractivity contribution in [3.8, 4) is 0 Å². The number of esters is 1. The van der Waals surface area contributed by atoms with E-state index >= 15 is 0 Å². The molecule has 1 amide bonds. The molecule has 0 bridgehead atoms. The Bertz CT molecular complexity index is 535. The molecule has 5 nitrogen and oxygen atoms in total. The van der Waals surface area contributed by atoms with Crippen molar-refractivity contribution in [3.05, 3.63) is 11.6 Å². The quantitative estimate of drug-likeness (QED) is 0.470. The Morgan fingerprint density at radius 3 is 2.22 bits per heavy atom. The fraction of sp³-hybridized carbons (Fsp3) is 0.818. The number of rotatable bonds is 9. The summed E-state index contributed by atoms with van der Waals surface area (Å²) in [6, 6.07) is 0. The van der Waals surface area contributed by atoms with E-state index in [2.05, 4.69) is 33.0 Å². The maximum atomic E-state index is 12.3. The largest absolute Gasteiger partial charge is 0.451 e. The highest BCUT2D eigenvalue weighted by molar-refractivity contribution is 5.91. The molecule has 0 saturated carbocycles. The SMILES string of the molecule is CC(C)CC(C/C=C1/CC(CO)(CNC(=O)C(C)(C)C)OC1=O)CC(C)C. The van der Waals surface area contributed by atoms with E-state index in [9.17, 15) is 14.7 Å². The van der Waals surface area contributed by atoms with Crippen LogP contribution in [-0.4, -0.2) is 35.7 Å². The number of hydrogen-bond donors (Lipinski definition) is 2. The number of amides is 1. The van der Waals surface area contributed by atoms with Crippen molar-refractivity contribution < 1.29 is 19.4 Å². The van der Waals surface area contributed by atoms with Crippen molar-refractivity contribution in [2.45, 2.75) is 79.8 Å². The summed E-state index contributed by atoms with van der Waals surface area (Å²) < 4.78 is 5.50. The van der Waals surface area contributed by atoms with Crippen LogP contribution in [0.3, 0.4) is 0 Å². The van der Waals surface area contributed by atoms with Crippen LogP contribution in [0.4, 0.5) is 0 Å². The summed E-state index contributed by atoms with van der Waals surface area (Å²) in [5.74, 6) is 1.27. The van der Waals surface area contributed by atoms with E-state index in [0.29, 0.717) is 29.7 Å². The van der Waals surface area contributed by atoms with Gasteiger partial charge in [0.25, 0.3) is 0 Å². The molecule has 1 heterocycles. The zero-order chi connectivity index (χ0) is 20.8. The molecule has 0 aromatic carbocycles. The van der Waals surface area contributed by atoms with Gasteiger partial charge in [-0.25, -0.2) is 4.79 Å². The third-order valence-electron chi connectivity index (χ3n) is 4.93. The third kappa shape index (κ3) is 7.65.